The van der Waals surface area contributed by atoms with Crippen LogP contribution in [0.5, 0.6) is 5.75 Å². The summed E-state index contributed by atoms with van der Waals surface area (Å²) in [6, 6.07) is 16.5. The maximum Gasteiger partial charge on any atom is 0.122 e. The molecule has 2 aromatic carbocycles. The van der Waals surface area contributed by atoms with Gasteiger partial charge in [0.2, 0.25) is 0 Å². The molecule has 0 fully saturated rings. The molecule has 0 spiro atoms. The fourth-order valence-electron chi connectivity index (χ4n) is 3.00. The molecule has 0 radical (unpaired) electrons. The van der Waals surface area contributed by atoms with Crippen LogP contribution >= 0.6 is 0 Å². The molecular formula is C21H26N2O. The largest absolute Gasteiger partial charge is 0.493 e. The lowest BCUT2D eigenvalue weighted by molar-refractivity contribution is 0.298. The molecular weight excluding hydrogens is 296 g/mol. The predicted octanol–water partition coefficient (Wildman–Crippen LogP) is 5.11. The van der Waals surface area contributed by atoms with Gasteiger partial charge in [0.25, 0.3) is 0 Å². The van der Waals surface area contributed by atoms with E-state index < -0.39 is 0 Å². The van der Waals surface area contributed by atoms with Crippen LogP contribution in [0, 0.1) is 6.92 Å². The topological polar surface area (TPSA) is 27.1 Å². The summed E-state index contributed by atoms with van der Waals surface area (Å²) < 4.78 is 8.28. The smallest absolute Gasteiger partial charge is 0.122 e. The first-order valence-corrected chi connectivity index (χ1v) is 8.61. The minimum absolute atomic E-state index is 0.0237. The van der Waals surface area contributed by atoms with Gasteiger partial charge in [-0.25, -0.2) is 4.98 Å². The van der Waals surface area contributed by atoms with Crippen LogP contribution in [0.2, 0.25) is 0 Å². The Hall–Kier alpha value is -2.29. The van der Waals surface area contributed by atoms with Crippen LogP contribution in [-0.4, -0.2) is 16.2 Å². The quantitative estimate of drug-likeness (QED) is 0.610. The molecule has 0 unspecified atom stereocenters. The van der Waals surface area contributed by atoms with E-state index in [9.17, 15) is 0 Å². The average Bonchev–Trinajstić information content (AvgIpc) is 2.92. The molecule has 0 saturated carbocycles. The molecule has 0 N–H and O–H groups in total. The first-order chi connectivity index (χ1) is 11.5. The molecule has 0 aliphatic carbocycles. The second kappa shape index (κ2) is 6.68. The lowest BCUT2D eigenvalue weighted by atomic mass is 9.95. The molecule has 3 nitrogen and oxygen atoms in total. The second-order valence-electron chi connectivity index (χ2n) is 7.29. The fraction of sp³-hybridized carbons (Fsp3) is 0.381. The van der Waals surface area contributed by atoms with Crippen molar-refractivity contribution in [3.8, 4) is 5.75 Å². The van der Waals surface area contributed by atoms with Gasteiger partial charge in [-0.2, -0.15) is 0 Å². The molecule has 126 valence electrons. The Morgan fingerprint density at radius 2 is 1.71 bits per heavy atom. The molecule has 3 rings (SSSR count). The van der Waals surface area contributed by atoms with Gasteiger partial charge in [-0.3, -0.25) is 0 Å². The normalized spacial score (nSPS) is 11.8. The Morgan fingerprint density at radius 3 is 2.46 bits per heavy atom. The van der Waals surface area contributed by atoms with E-state index in [1.165, 1.54) is 11.1 Å². The molecule has 3 heteroatoms. The van der Waals surface area contributed by atoms with E-state index in [0.29, 0.717) is 6.61 Å². The Labute approximate surface area is 144 Å². The van der Waals surface area contributed by atoms with Crippen LogP contribution in [0.25, 0.3) is 11.0 Å². The molecule has 0 aliphatic rings. The van der Waals surface area contributed by atoms with Gasteiger partial charge in [0, 0.05) is 12.0 Å². The summed E-state index contributed by atoms with van der Waals surface area (Å²) in [7, 11) is 0. The predicted molar refractivity (Wildman–Crippen MR) is 99.7 cm³/mol. The summed E-state index contributed by atoms with van der Waals surface area (Å²) in [5.74, 6) is 2.11. The third-order valence-corrected chi connectivity index (χ3v) is 4.20. The van der Waals surface area contributed by atoms with E-state index in [-0.39, 0.29) is 5.41 Å². The highest BCUT2D eigenvalue weighted by atomic mass is 16.5. The number of hydrogen-bond acceptors (Lipinski definition) is 2. The van der Waals surface area contributed by atoms with Crippen molar-refractivity contribution in [1.29, 1.82) is 0 Å². The summed E-state index contributed by atoms with van der Waals surface area (Å²) in [6.45, 7) is 10.4. The number of benzene rings is 2. The van der Waals surface area contributed by atoms with Gasteiger partial charge in [-0.05, 0) is 37.1 Å². The van der Waals surface area contributed by atoms with Crippen LogP contribution in [0.15, 0.2) is 48.5 Å². The zero-order valence-electron chi connectivity index (χ0n) is 15.0. The lowest BCUT2D eigenvalue weighted by Gasteiger charge is -2.20. The SMILES string of the molecule is Cc1ccccc1OCCCn1c(C(C)(C)C)nc2ccccc21. The van der Waals surface area contributed by atoms with Gasteiger partial charge in [0.05, 0.1) is 17.6 Å². The lowest BCUT2D eigenvalue weighted by Crippen LogP contribution is -2.19. The number of imidazole rings is 1. The molecule has 0 amide bonds. The van der Waals surface area contributed by atoms with Crippen molar-refractivity contribution in [3.05, 3.63) is 59.9 Å². The van der Waals surface area contributed by atoms with Crippen molar-refractivity contribution in [1.82, 2.24) is 9.55 Å². The minimum Gasteiger partial charge on any atom is -0.493 e. The number of aryl methyl sites for hydroxylation is 2. The summed E-state index contributed by atoms with van der Waals surface area (Å²) >= 11 is 0. The Morgan fingerprint density at radius 1 is 1.00 bits per heavy atom. The minimum atomic E-state index is 0.0237. The zero-order chi connectivity index (χ0) is 17.2. The first-order valence-electron chi connectivity index (χ1n) is 8.61. The van der Waals surface area contributed by atoms with Gasteiger partial charge in [-0.1, -0.05) is 51.1 Å². The van der Waals surface area contributed by atoms with Gasteiger partial charge in [-0.15, -0.1) is 0 Å². The van der Waals surface area contributed by atoms with E-state index in [1.54, 1.807) is 0 Å². The average molecular weight is 322 g/mol. The third kappa shape index (κ3) is 3.45. The number of ether oxygens (including phenoxy) is 1. The summed E-state index contributed by atoms with van der Waals surface area (Å²) in [6.07, 6.45) is 0.956. The van der Waals surface area contributed by atoms with Crippen molar-refractivity contribution >= 4 is 11.0 Å². The van der Waals surface area contributed by atoms with E-state index in [4.69, 9.17) is 9.72 Å². The summed E-state index contributed by atoms with van der Waals surface area (Å²) in [4.78, 5) is 4.86. The molecule has 1 heterocycles. The van der Waals surface area contributed by atoms with Crippen molar-refractivity contribution < 1.29 is 4.74 Å². The number of rotatable bonds is 5. The van der Waals surface area contributed by atoms with Gasteiger partial charge in [0.15, 0.2) is 0 Å². The molecule has 24 heavy (non-hydrogen) atoms. The van der Waals surface area contributed by atoms with Crippen LogP contribution in [0.1, 0.15) is 38.6 Å². The van der Waals surface area contributed by atoms with Crippen molar-refractivity contribution in [2.45, 2.75) is 46.1 Å². The maximum atomic E-state index is 5.94. The summed E-state index contributed by atoms with van der Waals surface area (Å²) in [5, 5.41) is 0. The highest BCUT2D eigenvalue weighted by molar-refractivity contribution is 5.76. The molecule has 1 aromatic heterocycles. The van der Waals surface area contributed by atoms with E-state index >= 15 is 0 Å². The van der Waals surface area contributed by atoms with Gasteiger partial charge < -0.3 is 9.30 Å². The van der Waals surface area contributed by atoms with E-state index in [0.717, 1.165) is 30.1 Å². The van der Waals surface area contributed by atoms with Crippen molar-refractivity contribution in [2.24, 2.45) is 0 Å². The number of para-hydroxylation sites is 3. The highest BCUT2D eigenvalue weighted by Gasteiger charge is 2.22. The molecule has 0 bridgehead atoms. The van der Waals surface area contributed by atoms with Crippen LogP contribution in [0.4, 0.5) is 0 Å². The second-order valence-corrected chi connectivity index (χ2v) is 7.29. The first kappa shape index (κ1) is 16.6. The number of hydrogen-bond donors (Lipinski definition) is 0. The number of aromatic nitrogens is 2. The van der Waals surface area contributed by atoms with E-state index in [1.807, 2.05) is 24.3 Å². The fourth-order valence-corrected chi connectivity index (χ4v) is 3.00. The summed E-state index contributed by atoms with van der Waals surface area (Å²) in [5.41, 5.74) is 3.48. The van der Waals surface area contributed by atoms with Crippen LogP contribution in [0.3, 0.4) is 0 Å². The molecule has 0 aliphatic heterocycles. The van der Waals surface area contributed by atoms with E-state index in [2.05, 4.69) is 56.5 Å². The molecule has 0 atom stereocenters. The molecule has 3 aromatic rings. The van der Waals surface area contributed by atoms with Crippen molar-refractivity contribution in [3.63, 3.8) is 0 Å². The van der Waals surface area contributed by atoms with Crippen molar-refractivity contribution in [2.75, 3.05) is 6.61 Å². The van der Waals surface area contributed by atoms with Gasteiger partial charge >= 0.3 is 0 Å². The van der Waals surface area contributed by atoms with Gasteiger partial charge in [0.1, 0.15) is 11.6 Å². The van der Waals surface area contributed by atoms with Crippen LogP contribution in [-0.2, 0) is 12.0 Å². The standard InChI is InChI=1S/C21H26N2O/c1-16-10-5-8-13-19(16)24-15-9-14-23-18-12-7-6-11-17(18)22-20(23)21(2,3)4/h5-8,10-13H,9,14-15H2,1-4H3. The molecule has 0 saturated heterocycles. The number of nitrogens with zero attached hydrogens (tertiary/aromatic N) is 2. The zero-order valence-corrected chi connectivity index (χ0v) is 15.0. The Kier molecular flexibility index (Phi) is 4.61. The highest BCUT2D eigenvalue weighted by Crippen LogP contribution is 2.26. The Balaban J connectivity index is 1.74. The maximum absolute atomic E-state index is 5.94. The third-order valence-electron chi connectivity index (χ3n) is 4.20. The Bertz CT molecular complexity index is 827. The monoisotopic (exact) mass is 322 g/mol. The number of fused-ring (bicyclic) bond motifs is 1. The van der Waals surface area contributed by atoms with Crippen LogP contribution < -0.4 is 4.74 Å².